The number of nitrogens with zero attached hydrogens (tertiary/aromatic N) is 2. The predicted molar refractivity (Wildman–Crippen MR) is 79.7 cm³/mol. The minimum atomic E-state index is -0.698. The highest BCUT2D eigenvalue weighted by atomic mass is 19.1. The molecule has 1 aromatic carbocycles. The van der Waals surface area contributed by atoms with Crippen LogP contribution in [-0.2, 0) is 17.8 Å². The van der Waals surface area contributed by atoms with Gasteiger partial charge in [0.15, 0.2) is 0 Å². The van der Waals surface area contributed by atoms with Crippen molar-refractivity contribution in [2.24, 2.45) is 5.41 Å². The van der Waals surface area contributed by atoms with Crippen molar-refractivity contribution in [2.75, 3.05) is 13.2 Å². The number of aliphatic hydroxyl groups is 1. The van der Waals surface area contributed by atoms with Gasteiger partial charge in [-0.05, 0) is 25.0 Å². The van der Waals surface area contributed by atoms with Gasteiger partial charge < -0.3 is 14.4 Å². The topological polar surface area (TPSA) is 66.6 Å². The third-order valence-electron chi connectivity index (χ3n) is 4.73. The molecule has 7 heteroatoms. The maximum Gasteiger partial charge on any atom is 0.231 e. The molecule has 1 aliphatic heterocycles. The number of amides is 1. The Bertz CT molecular complexity index is 794. The van der Waals surface area contributed by atoms with Gasteiger partial charge in [-0.15, -0.1) is 0 Å². The minimum Gasteiger partial charge on any atom is -0.441 e. The van der Waals surface area contributed by atoms with Crippen LogP contribution in [0.5, 0.6) is 0 Å². The third-order valence-corrected chi connectivity index (χ3v) is 4.73. The molecule has 5 nitrogen and oxygen atoms in total. The number of fused-ring (bicyclic) bond motifs is 1. The van der Waals surface area contributed by atoms with E-state index in [0.29, 0.717) is 37.3 Å². The van der Waals surface area contributed by atoms with Crippen molar-refractivity contribution in [1.82, 2.24) is 9.88 Å². The number of halogens is 2. The van der Waals surface area contributed by atoms with Crippen LogP contribution in [0, 0.1) is 17.0 Å². The molecule has 0 spiro atoms. The number of hydrogen-bond acceptors (Lipinski definition) is 4. The first-order valence-corrected chi connectivity index (χ1v) is 7.86. The first-order valence-electron chi connectivity index (χ1n) is 7.86. The molecule has 0 unspecified atom stereocenters. The van der Waals surface area contributed by atoms with E-state index in [9.17, 15) is 18.7 Å². The highest BCUT2D eigenvalue weighted by molar-refractivity contribution is 5.85. The summed E-state index contributed by atoms with van der Waals surface area (Å²) in [6.45, 7) is 0.638. The highest BCUT2D eigenvalue weighted by Crippen LogP contribution is 2.47. The summed E-state index contributed by atoms with van der Waals surface area (Å²) in [5.74, 6) is -0.672. The summed E-state index contributed by atoms with van der Waals surface area (Å²) in [7, 11) is 0. The Hall–Kier alpha value is -2.28. The van der Waals surface area contributed by atoms with Crippen molar-refractivity contribution in [2.45, 2.75) is 25.8 Å². The predicted octanol–water partition coefficient (Wildman–Crippen LogP) is 2.28. The summed E-state index contributed by atoms with van der Waals surface area (Å²) in [5, 5.41) is 9.40. The summed E-state index contributed by atoms with van der Waals surface area (Å²) in [6.07, 6.45) is 1.91. The number of aromatic nitrogens is 1. The van der Waals surface area contributed by atoms with Crippen molar-refractivity contribution in [1.29, 1.82) is 0 Å². The SMILES string of the molecule is O=C(N1CCc2oc(-c3cc(F)cc(F)c3)nc2C1)C1(CO)CC1. The van der Waals surface area contributed by atoms with Crippen LogP contribution in [0.4, 0.5) is 8.78 Å². The minimum absolute atomic E-state index is 0.0583. The Kier molecular flexibility index (Phi) is 3.42. The molecule has 2 aliphatic rings. The summed E-state index contributed by atoms with van der Waals surface area (Å²) < 4.78 is 32.3. The Morgan fingerprint density at radius 2 is 2.00 bits per heavy atom. The van der Waals surface area contributed by atoms with Gasteiger partial charge in [0.05, 0.1) is 18.6 Å². The van der Waals surface area contributed by atoms with Crippen LogP contribution in [-0.4, -0.2) is 34.0 Å². The summed E-state index contributed by atoms with van der Waals surface area (Å²) in [4.78, 5) is 18.5. The number of carbonyl (C=O) groups excluding carboxylic acids is 1. The average Bonchev–Trinajstić information content (AvgIpc) is 3.24. The Balaban J connectivity index is 1.59. The van der Waals surface area contributed by atoms with Gasteiger partial charge in [0, 0.05) is 24.6 Å². The van der Waals surface area contributed by atoms with Crippen molar-refractivity contribution in [3.05, 3.63) is 41.3 Å². The third kappa shape index (κ3) is 2.49. The Morgan fingerprint density at radius 3 is 2.62 bits per heavy atom. The van der Waals surface area contributed by atoms with Crippen LogP contribution < -0.4 is 0 Å². The molecule has 0 bridgehead atoms. The second-order valence-electron chi connectivity index (χ2n) is 6.46. The molecule has 0 radical (unpaired) electrons. The van der Waals surface area contributed by atoms with Gasteiger partial charge in [0.1, 0.15) is 23.1 Å². The molecule has 1 saturated carbocycles. The zero-order valence-corrected chi connectivity index (χ0v) is 12.9. The first-order chi connectivity index (χ1) is 11.5. The van der Waals surface area contributed by atoms with Crippen LogP contribution in [0.15, 0.2) is 22.6 Å². The maximum atomic E-state index is 13.4. The molecule has 1 amide bonds. The fourth-order valence-corrected chi connectivity index (χ4v) is 3.10. The lowest BCUT2D eigenvalue weighted by molar-refractivity contribution is -0.139. The average molecular weight is 334 g/mol. The van der Waals surface area contributed by atoms with Crippen LogP contribution in [0.3, 0.4) is 0 Å². The van der Waals surface area contributed by atoms with E-state index in [0.717, 1.165) is 18.2 Å². The van der Waals surface area contributed by atoms with Crippen molar-refractivity contribution >= 4 is 5.91 Å². The summed E-state index contributed by atoms with van der Waals surface area (Å²) in [6, 6.07) is 3.11. The monoisotopic (exact) mass is 334 g/mol. The van der Waals surface area contributed by atoms with Crippen molar-refractivity contribution < 1.29 is 23.1 Å². The van der Waals surface area contributed by atoms with Gasteiger partial charge in [0.2, 0.25) is 11.8 Å². The number of oxazole rings is 1. The molecule has 1 fully saturated rings. The number of carbonyl (C=O) groups is 1. The molecular formula is C17H16F2N2O3. The smallest absolute Gasteiger partial charge is 0.231 e. The Morgan fingerprint density at radius 1 is 1.29 bits per heavy atom. The summed E-state index contributed by atoms with van der Waals surface area (Å²) in [5.41, 5.74) is 0.215. The van der Waals surface area contributed by atoms with Crippen molar-refractivity contribution in [3.63, 3.8) is 0 Å². The lowest BCUT2D eigenvalue weighted by atomic mass is 10.0. The molecular weight excluding hydrogens is 318 g/mol. The fraction of sp³-hybridized carbons (Fsp3) is 0.412. The lowest BCUT2D eigenvalue weighted by Gasteiger charge is -2.28. The first kappa shape index (κ1) is 15.3. The van der Waals surface area contributed by atoms with Crippen LogP contribution in [0.25, 0.3) is 11.5 Å². The van der Waals surface area contributed by atoms with Crippen LogP contribution in [0.1, 0.15) is 24.3 Å². The van der Waals surface area contributed by atoms with E-state index in [1.807, 2.05) is 0 Å². The van der Waals surface area contributed by atoms with E-state index in [-0.39, 0.29) is 30.5 Å². The number of aliphatic hydroxyl groups excluding tert-OH is 1. The highest BCUT2D eigenvalue weighted by Gasteiger charge is 2.51. The van der Waals surface area contributed by atoms with E-state index in [1.165, 1.54) is 0 Å². The van der Waals surface area contributed by atoms with Gasteiger partial charge >= 0.3 is 0 Å². The van der Waals surface area contributed by atoms with Crippen molar-refractivity contribution in [3.8, 4) is 11.5 Å². The Labute approximate surface area is 136 Å². The summed E-state index contributed by atoms with van der Waals surface area (Å²) >= 11 is 0. The lowest BCUT2D eigenvalue weighted by Crippen LogP contribution is -2.41. The molecule has 1 aromatic heterocycles. The normalized spacial score (nSPS) is 18.4. The largest absolute Gasteiger partial charge is 0.441 e. The molecule has 1 aliphatic carbocycles. The van der Waals surface area contributed by atoms with E-state index >= 15 is 0 Å². The quantitative estimate of drug-likeness (QED) is 0.935. The van der Waals surface area contributed by atoms with E-state index in [2.05, 4.69) is 4.98 Å². The van der Waals surface area contributed by atoms with Gasteiger partial charge in [-0.2, -0.15) is 0 Å². The van der Waals surface area contributed by atoms with E-state index in [4.69, 9.17) is 4.42 Å². The fourth-order valence-electron chi connectivity index (χ4n) is 3.10. The molecule has 2 heterocycles. The van der Waals surface area contributed by atoms with Crippen LogP contribution in [0.2, 0.25) is 0 Å². The maximum absolute atomic E-state index is 13.4. The van der Waals surface area contributed by atoms with Crippen LogP contribution >= 0.6 is 0 Å². The molecule has 2 aromatic rings. The standard InChI is InChI=1S/C17H16F2N2O3/c18-11-5-10(6-12(19)7-11)15-20-13-8-21(4-1-14(13)24-15)16(23)17(9-22)2-3-17/h5-7,22H,1-4,8-9H2. The second-order valence-corrected chi connectivity index (χ2v) is 6.46. The molecule has 4 rings (SSSR count). The number of benzene rings is 1. The van der Waals surface area contributed by atoms with E-state index < -0.39 is 17.0 Å². The second kappa shape index (κ2) is 5.37. The van der Waals surface area contributed by atoms with E-state index in [1.54, 1.807) is 4.90 Å². The molecule has 0 atom stereocenters. The zero-order chi connectivity index (χ0) is 16.9. The number of hydrogen-bond donors (Lipinski definition) is 1. The molecule has 0 saturated heterocycles. The number of rotatable bonds is 3. The van der Waals surface area contributed by atoms with Gasteiger partial charge in [-0.25, -0.2) is 13.8 Å². The molecule has 126 valence electrons. The molecule has 1 N–H and O–H groups in total. The van der Waals surface area contributed by atoms with Gasteiger partial charge in [0.25, 0.3) is 0 Å². The van der Waals surface area contributed by atoms with Gasteiger partial charge in [-0.3, -0.25) is 4.79 Å². The molecule has 24 heavy (non-hydrogen) atoms. The zero-order valence-electron chi connectivity index (χ0n) is 12.9. The van der Waals surface area contributed by atoms with Gasteiger partial charge in [-0.1, -0.05) is 0 Å².